The number of fused-ring (bicyclic) bond motifs is 3. The van der Waals surface area contributed by atoms with Crippen molar-refractivity contribution in [1.29, 1.82) is 0 Å². The molecule has 0 radical (unpaired) electrons. The van der Waals surface area contributed by atoms with E-state index in [4.69, 9.17) is 0 Å². The van der Waals surface area contributed by atoms with Gasteiger partial charge in [0.15, 0.2) is 0 Å². The van der Waals surface area contributed by atoms with E-state index in [2.05, 4.69) is 5.32 Å². The quantitative estimate of drug-likeness (QED) is 0.819. The zero-order valence-corrected chi connectivity index (χ0v) is 10.0. The second-order valence-corrected chi connectivity index (χ2v) is 4.71. The number of rotatable bonds is 2. The molecule has 0 saturated carbocycles. The average molecular weight is 246 g/mol. The van der Waals surface area contributed by atoms with Gasteiger partial charge >= 0.3 is 6.03 Å². The second kappa shape index (κ2) is 3.55. The number of amides is 2. The first-order chi connectivity index (χ1) is 8.59. The maximum atomic E-state index is 12.2. The smallest absolute Gasteiger partial charge is 0.320 e. The van der Waals surface area contributed by atoms with E-state index in [-0.39, 0.29) is 6.03 Å². The summed E-state index contributed by atoms with van der Waals surface area (Å²) in [6, 6.07) is 6.06. The number of hydrogen-bond donors (Lipinski definition) is 2. The number of benzene rings is 1. The van der Waals surface area contributed by atoms with Crippen LogP contribution in [-0.4, -0.2) is 34.1 Å². The Kier molecular flexibility index (Phi) is 2.22. The normalized spacial score (nSPS) is 29.2. The van der Waals surface area contributed by atoms with Gasteiger partial charge in [-0.1, -0.05) is 31.2 Å². The van der Waals surface area contributed by atoms with Gasteiger partial charge in [-0.15, -0.1) is 0 Å². The maximum absolute atomic E-state index is 12.2. The summed E-state index contributed by atoms with van der Waals surface area (Å²) in [5.41, 5.74) is -0.585. The monoisotopic (exact) mass is 246 g/mol. The minimum Gasteiger partial charge on any atom is -0.362 e. The minimum atomic E-state index is -1.80. The Morgan fingerprint density at radius 1 is 1.39 bits per heavy atom. The Bertz CT molecular complexity index is 543. The van der Waals surface area contributed by atoms with Gasteiger partial charge in [0.25, 0.3) is 0 Å². The first-order valence-electron chi connectivity index (χ1n) is 6.04. The molecule has 2 amide bonds. The van der Waals surface area contributed by atoms with E-state index in [0.717, 1.165) is 12.0 Å². The van der Waals surface area contributed by atoms with Crippen molar-refractivity contribution < 1.29 is 14.7 Å². The Morgan fingerprint density at radius 3 is 2.83 bits per heavy atom. The second-order valence-electron chi connectivity index (χ2n) is 4.71. The summed E-state index contributed by atoms with van der Waals surface area (Å²) in [6.45, 7) is 2.47. The van der Waals surface area contributed by atoms with Gasteiger partial charge in [0, 0.05) is 12.1 Å². The molecule has 2 atom stereocenters. The van der Waals surface area contributed by atoms with Crippen molar-refractivity contribution in [2.75, 3.05) is 6.54 Å². The van der Waals surface area contributed by atoms with Crippen LogP contribution >= 0.6 is 0 Å². The predicted octanol–water partition coefficient (Wildman–Crippen LogP) is 1.05. The molecule has 94 valence electrons. The summed E-state index contributed by atoms with van der Waals surface area (Å²) in [5.74, 6) is -0.421. The van der Waals surface area contributed by atoms with Crippen molar-refractivity contribution in [2.45, 2.75) is 25.1 Å². The third-order valence-electron chi connectivity index (χ3n) is 3.58. The van der Waals surface area contributed by atoms with Crippen molar-refractivity contribution in [3.05, 3.63) is 35.4 Å². The topological polar surface area (TPSA) is 69.6 Å². The van der Waals surface area contributed by atoms with Crippen LogP contribution in [0.2, 0.25) is 0 Å². The van der Waals surface area contributed by atoms with Crippen molar-refractivity contribution in [3.63, 3.8) is 0 Å². The van der Waals surface area contributed by atoms with Crippen LogP contribution in [0, 0.1) is 0 Å². The Morgan fingerprint density at radius 2 is 2.11 bits per heavy atom. The largest absolute Gasteiger partial charge is 0.362 e. The third kappa shape index (κ3) is 1.19. The highest BCUT2D eigenvalue weighted by molar-refractivity contribution is 6.10. The van der Waals surface area contributed by atoms with Gasteiger partial charge in [-0.3, -0.25) is 4.79 Å². The molecule has 1 saturated heterocycles. The standard InChI is InChI=1S/C13H14N2O3/c1-2-7-15-10-8-5-3-4-6-9(8)11(16)13(10,18)14-12(15)17/h3-6,10,18H,2,7H2,1H3,(H,14,17)/t10-,13+/m1/s1. The van der Waals surface area contributed by atoms with Crippen LogP contribution < -0.4 is 5.32 Å². The maximum Gasteiger partial charge on any atom is 0.320 e. The van der Waals surface area contributed by atoms with Gasteiger partial charge in [-0.2, -0.15) is 0 Å². The Labute approximate surface area is 104 Å². The van der Waals surface area contributed by atoms with E-state index in [1.54, 1.807) is 18.2 Å². The molecule has 5 heteroatoms. The number of ketones is 1. The molecule has 3 rings (SSSR count). The van der Waals surface area contributed by atoms with Crippen LogP contribution in [0.4, 0.5) is 4.79 Å². The van der Waals surface area contributed by atoms with Gasteiger partial charge in [-0.25, -0.2) is 4.79 Å². The molecule has 0 bridgehead atoms. The number of aliphatic hydroxyl groups is 1. The zero-order valence-electron chi connectivity index (χ0n) is 10.0. The first kappa shape index (κ1) is 11.2. The van der Waals surface area contributed by atoms with E-state index in [1.165, 1.54) is 4.90 Å². The summed E-state index contributed by atoms with van der Waals surface area (Å²) >= 11 is 0. The van der Waals surface area contributed by atoms with Gasteiger partial charge in [-0.05, 0) is 12.0 Å². The van der Waals surface area contributed by atoms with Crippen LogP contribution in [0.3, 0.4) is 0 Å². The van der Waals surface area contributed by atoms with Crippen LogP contribution in [0.15, 0.2) is 24.3 Å². The highest BCUT2D eigenvalue weighted by atomic mass is 16.3. The van der Waals surface area contributed by atoms with E-state index in [9.17, 15) is 14.7 Å². The fourth-order valence-electron chi connectivity index (χ4n) is 2.84. The van der Waals surface area contributed by atoms with E-state index in [1.807, 2.05) is 13.0 Å². The highest BCUT2D eigenvalue weighted by Crippen LogP contribution is 2.45. The number of hydrogen-bond acceptors (Lipinski definition) is 3. The molecule has 2 N–H and O–H groups in total. The van der Waals surface area contributed by atoms with Crippen LogP contribution in [-0.2, 0) is 0 Å². The van der Waals surface area contributed by atoms with Crippen LogP contribution in [0.25, 0.3) is 0 Å². The average Bonchev–Trinajstić information content (AvgIpc) is 2.72. The van der Waals surface area contributed by atoms with Gasteiger partial charge in [0.2, 0.25) is 11.5 Å². The molecular weight excluding hydrogens is 232 g/mol. The molecule has 18 heavy (non-hydrogen) atoms. The number of carbonyl (C=O) groups is 2. The lowest BCUT2D eigenvalue weighted by atomic mass is 10.0. The van der Waals surface area contributed by atoms with E-state index in [0.29, 0.717) is 12.1 Å². The van der Waals surface area contributed by atoms with Crippen molar-refractivity contribution in [3.8, 4) is 0 Å². The minimum absolute atomic E-state index is 0.382. The van der Waals surface area contributed by atoms with Gasteiger partial charge in [0.05, 0.1) is 0 Å². The SMILES string of the molecule is CCCN1C(=O)N[C@@]2(O)C(=O)c3ccccc3[C@@H]12. The van der Waals surface area contributed by atoms with E-state index >= 15 is 0 Å². The Hall–Kier alpha value is -1.88. The summed E-state index contributed by atoms with van der Waals surface area (Å²) in [6.07, 6.45) is 0.774. The zero-order chi connectivity index (χ0) is 12.9. The molecule has 1 aromatic rings. The lowest BCUT2D eigenvalue weighted by Gasteiger charge is -2.25. The molecule has 1 aliphatic heterocycles. The third-order valence-corrected chi connectivity index (χ3v) is 3.58. The fraction of sp³-hybridized carbons (Fsp3) is 0.385. The number of urea groups is 1. The van der Waals surface area contributed by atoms with Gasteiger partial charge in [0.1, 0.15) is 6.04 Å². The molecule has 0 spiro atoms. The highest BCUT2D eigenvalue weighted by Gasteiger charge is 2.61. The summed E-state index contributed by atoms with van der Waals surface area (Å²) in [5, 5.41) is 12.9. The molecule has 1 fully saturated rings. The number of nitrogens with one attached hydrogen (secondary N) is 1. The van der Waals surface area contributed by atoms with Gasteiger partial charge < -0.3 is 15.3 Å². The van der Waals surface area contributed by atoms with Crippen molar-refractivity contribution in [2.24, 2.45) is 0 Å². The summed E-state index contributed by atoms with van der Waals surface area (Å²) in [4.78, 5) is 25.6. The first-order valence-corrected chi connectivity index (χ1v) is 6.04. The molecule has 0 unspecified atom stereocenters. The lowest BCUT2D eigenvalue weighted by Crippen LogP contribution is -2.48. The lowest BCUT2D eigenvalue weighted by molar-refractivity contribution is 0.00777. The van der Waals surface area contributed by atoms with E-state index < -0.39 is 17.6 Å². The molecule has 1 heterocycles. The molecule has 1 aromatic carbocycles. The van der Waals surface area contributed by atoms with Crippen molar-refractivity contribution >= 4 is 11.8 Å². The molecule has 0 aromatic heterocycles. The predicted molar refractivity (Wildman–Crippen MR) is 64.0 cm³/mol. The number of Topliss-reactive ketones (excluding diaryl/α,β-unsaturated/α-hetero) is 1. The molecular formula is C13H14N2O3. The van der Waals surface area contributed by atoms with Crippen LogP contribution in [0.5, 0.6) is 0 Å². The van der Waals surface area contributed by atoms with Crippen molar-refractivity contribution in [1.82, 2.24) is 10.2 Å². The summed E-state index contributed by atoms with van der Waals surface area (Å²) in [7, 11) is 0. The number of carbonyl (C=O) groups excluding carboxylic acids is 2. The molecule has 2 aliphatic rings. The fourth-order valence-corrected chi connectivity index (χ4v) is 2.84. The number of nitrogens with zero attached hydrogens (tertiary/aromatic N) is 1. The molecule has 5 nitrogen and oxygen atoms in total. The summed E-state index contributed by atoms with van der Waals surface area (Å²) < 4.78 is 0. The Balaban J connectivity index is 2.14. The van der Waals surface area contributed by atoms with Crippen LogP contribution in [0.1, 0.15) is 35.3 Å². The molecule has 1 aliphatic carbocycles.